The first-order valence-corrected chi connectivity index (χ1v) is 24.4. The SMILES string of the molecule is CCCCN(C(=O)NC)C(=O)NC(C(=O)N(C)C(Cc1cccc(Cl)c1)C(=O)NC(COC(c1ccccc1)(c1ccccc1)c1ccccc1)C(=O)NC(C=O)Cc1c[nH]c2ccccc12)[C@@H](C)CC. The maximum Gasteiger partial charge on any atom is 0.326 e. The molecule has 1 heterocycles. The molecule has 14 nitrogen and oxygen atoms in total. The molecule has 15 heteroatoms. The Kier molecular flexibility index (Phi) is 19.1. The van der Waals surface area contributed by atoms with Gasteiger partial charge in [0.05, 0.1) is 12.6 Å². The fraction of sp³-hybridized carbons (Fsp3) is 0.321. The van der Waals surface area contributed by atoms with Crippen LogP contribution in [0, 0.1) is 5.92 Å². The Morgan fingerprint density at radius 2 is 1.35 bits per heavy atom. The van der Waals surface area contributed by atoms with Crippen molar-refractivity contribution < 1.29 is 33.5 Å². The van der Waals surface area contributed by atoms with E-state index in [9.17, 15) is 24.0 Å². The van der Waals surface area contributed by atoms with E-state index in [1.807, 2.05) is 129 Å². The quantitative estimate of drug-likeness (QED) is 0.0317. The summed E-state index contributed by atoms with van der Waals surface area (Å²) in [5.74, 6) is -2.47. The first-order chi connectivity index (χ1) is 34.3. The van der Waals surface area contributed by atoms with Gasteiger partial charge in [-0.05, 0) is 58.4 Å². The van der Waals surface area contributed by atoms with Crippen LogP contribution < -0.4 is 21.3 Å². The number of amides is 7. The van der Waals surface area contributed by atoms with E-state index in [0.717, 1.165) is 38.1 Å². The van der Waals surface area contributed by atoms with Gasteiger partial charge >= 0.3 is 12.1 Å². The average Bonchev–Trinajstić information content (AvgIpc) is 3.81. The number of aromatic amines is 1. The predicted octanol–water partition coefficient (Wildman–Crippen LogP) is 8.18. The number of urea groups is 2. The van der Waals surface area contributed by atoms with Gasteiger partial charge in [-0.3, -0.25) is 14.4 Å². The van der Waals surface area contributed by atoms with Gasteiger partial charge in [0.25, 0.3) is 0 Å². The summed E-state index contributed by atoms with van der Waals surface area (Å²) >= 11 is 6.46. The number of carbonyl (C=O) groups excluding carboxylic acids is 6. The molecule has 6 rings (SSSR count). The number of carbonyl (C=O) groups is 6. The van der Waals surface area contributed by atoms with E-state index in [1.165, 1.54) is 19.0 Å². The number of para-hydroxylation sites is 1. The van der Waals surface area contributed by atoms with Gasteiger partial charge in [-0.15, -0.1) is 0 Å². The number of rotatable bonds is 23. The van der Waals surface area contributed by atoms with E-state index in [1.54, 1.807) is 37.4 Å². The molecule has 5 N–H and O–H groups in total. The number of unbranched alkanes of at least 4 members (excludes halogenated alkanes) is 1. The Morgan fingerprint density at radius 3 is 1.92 bits per heavy atom. The summed E-state index contributed by atoms with van der Waals surface area (Å²) in [6, 6.07) is 36.9. The van der Waals surface area contributed by atoms with Gasteiger partial charge in [-0.25, -0.2) is 14.5 Å². The molecule has 1 aromatic heterocycles. The van der Waals surface area contributed by atoms with Crippen molar-refractivity contribution in [1.82, 2.24) is 36.1 Å². The molecule has 6 aromatic rings. The third-order valence-corrected chi connectivity index (χ3v) is 13.1. The predicted molar refractivity (Wildman–Crippen MR) is 277 cm³/mol. The minimum Gasteiger partial charge on any atom is -0.361 e. The van der Waals surface area contributed by atoms with E-state index >= 15 is 4.79 Å². The maximum atomic E-state index is 15.2. The summed E-state index contributed by atoms with van der Waals surface area (Å²) in [5, 5.41) is 12.4. The molecule has 0 aliphatic heterocycles. The monoisotopic (exact) mass is 981 g/mol. The molecule has 0 bridgehead atoms. The van der Waals surface area contributed by atoms with Crippen LogP contribution in [0.4, 0.5) is 9.59 Å². The third-order valence-electron chi connectivity index (χ3n) is 12.9. The van der Waals surface area contributed by atoms with Crippen molar-refractivity contribution in [1.29, 1.82) is 0 Å². The Labute approximate surface area is 420 Å². The third kappa shape index (κ3) is 13.1. The van der Waals surface area contributed by atoms with Crippen LogP contribution in [-0.2, 0) is 42.4 Å². The van der Waals surface area contributed by atoms with Crippen LogP contribution in [0.5, 0.6) is 0 Å². The van der Waals surface area contributed by atoms with Crippen LogP contribution in [0.3, 0.4) is 0 Å². The molecule has 5 atom stereocenters. The van der Waals surface area contributed by atoms with E-state index in [0.29, 0.717) is 36.1 Å². The Morgan fingerprint density at radius 1 is 0.746 bits per heavy atom. The van der Waals surface area contributed by atoms with Gasteiger partial charge in [-0.2, -0.15) is 0 Å². The second kappa shape index (κ2) is 25.5. The zero-order valence-electron chi connectivity index (χ0n) is 40.9. The molecule has 7 amide bonds. The highest BCUT2D eigenvalue weighted by molar-refractivity contribution is 6.30. The van der Waals surface area contributed by atoms with Crippen molar-refractivity contribution >= 4 is 58.6 Å². The number of halogens is 1. The zero-order valence-corrected chi connectivity index (χ0v) is 41.7. The number of hydrogen-bond donors (Lipinski definition) is 5. The number of aromatic nitrogens is 1. The summed E-state index contributed by atoms with van der Waals surface area (Å²) in [7, 11) is 2.89. The minimum atomic E-state index is -1.45. The Balaban J connectivity index is 1.40. The van der Waals surface area contributed by atoms with E-state index in [2.05, 4.69) is 26.3 Å². The van der Waals surface area contributed by atoms with Crippen molar-refractivity contribution in [2.45, 2.75) is 82.6 Å². The van der Waals surface area contributed by atoms with Gasteiger partial charge < -0.3 is 40.7 Å². The molecule has 372 valence electrons. The standard InChI is InChI=1S/C56H64ClN7O7/c1-6-8-31-64(54(69)58-4)55(70)62-50(38(3)7-2)53(68)63(5)49(33-39-21-20-28-44(57)32-39)52(67)61-48(51(66)60-45(36-65)34-40-35-59-47-30-19-18-29-46(40)47)37-71-56(41-22-12-9-13-23-41,42-24-14-10-15-25-42)43-26-16-11-17-27-43/h9-30,32,35-36,38,45,48-50,59H,6-8,31,33-34,37H2,1-5H3,(H,58,69)(H,60,66)(H,61,67)(H,62,70)/t38-,45?,48?,49?,50?/m0/s1. The zero-order chi connectivity index (χ0) is 50.9. The number of hydrogen-bond acceptors (Lipinski definition) is 7. The number of aldehydes is 1. The maximum absolute atomic E-state index is 15.2. The molecule has 0 aliphatic rings. The lowest BCUT2D eigenvalue weighted by Crippen LogP contribution is -2.61. The number of likely N-dealkylation sites (N-methyl/N-ethyl adjacent to an activating group) is 1. The number of nitrogens with zero attached hydrogens (tertiary/aromatic N) is 2. The molecule has 0 fully saturated rings. The van der Waals surface area contributed by atoms with Gasteiger partial charge in [0.15, 0.2) is 0 Å². The highest BCUT2D eigenvalue weighted by atomic mass is 35.5. The number of imide groups is 1. The molecule has 5 aromatic carbocycles. The molecule has 0 aliphatic carbocycles. The lowest BCUT2D eigenvalue weighted by Gasteiger charge is -2.37. The first-order valence-electron chi connectivity index (χ1n) is 24.1. The van der Waals surface area contributed by atoms with Crippen LogP contribution in [-0.4, -0.2) is 102 Å². The lowest BCUT2D eigenvalue weighted by molar-refractivity contribution is -0.143. The summed E-state index contributed by atoms with van der Waals surface area (Å²) in [5.41, 5.74) is 3.23. The van der Waals surface area contributed by atoms with Crippen molar-refractivity contribution in [3.63, 3.8) is 0 Å². The molecule has 0 saturated heterocycles. The number of ether oxygens (including phenoxy) is 1. The summed E-state index contributed by atoms with van der Waals surface area (Å²) in [6.45, 7) is 5.32. The highest BCUT2D eigenvalue weighted by Crippen LogP contribution is 2.40. The summed E-state index contributed by atoms with van der Waals surface area (Å²) in [4.78, 5) is 90.0. The topological polar surface area (TPSA) is 182 Å². The lowest BCUT2D eigenvalue weighted by atomic mass is 9.80. The first kappa shape index (κ1) is 53.1. The number of benzene rings is 5. The number of fused-ring (bicyclic) bond motifs is 1. The number of nitrogens with one attached hydrogen (secondary N) is 5. The van der Waals surface area contributed by atoms with Crippen molar-refractivity contribution in [2.24, 2.45) is 5.92 Å². The molecular formula is C56H64ClN7O7. The van der Waals surface area contributed by atoms with E-state index in [-0.39, 0.29) is 19.4 Å². The van der Waals surface area contributed by atoms with E-state index in [4.69, 9.17) is 16.3 Å². The van der Waals surface area contributed by atoms with Crippen LogP contribution in [0.2, 0.25) is 5.02 Å². The highest BCUT2D eigenvalue weighted by Gasteiger charge is 2.41. The van der Waals surface area contributed by atoms with Gasteiger partial charge in [-0.1, -0.05) is 167 Å². The molecule has 71 heavy (non-hydrogen) atoms. The van der Waals surface area contributed by atoms with Crippen LogP contribution in [0.25, 0.3) is 10.9 Å². The molecule has 0 radical (unpaired) electrons. The minimum absolute atomic E-state index is 0.0502. The molecule has 0 spiro atoms. The molecule has 4 unspecified atom stereocenters. The molecular weight excluding hydrogens is 918 g/mol. The number of H-pyrrole nitrogens is 1. The van der Waals surface area contributed by atoms with Crippen LogP contribution >= 0.6 is 11.6 Å². The van der Waals surface area contributed by atoms with E-state index < -0.39 is 72.1 Å². The Hall–Kier alpha value is -7.29. The molecule has 0 saturated carbocycles. The average molecular weight is 983 g/mol. The Bertz CT molecular complexity index is 2620. The second-order valence-electron chi connectivity index (χ2n) is 17.6. The van der Waals surface area contributed by atoms with Crippen molar-refractivity contribution in [3.8, 4) is 0 Å². The normalized spacial score (nSPS) is 13.4. The summed E-state index contributed by atoms with van der Waals surface area (Å²) < 4.78 is 7.13. The van der Waals surface area contributed by atoms with Crippen LogP contribution in [0.15, 0.2) is 146 Å². The largest absolute Gasteiger partial charge is 0.361 e. The fourth-order valence-electron chi connectivity index (χ4n) is 8.69. The van der Waals surface area contributed by atoms with Crippen molar-refractivity contribution in [2.75, 3.05) is 27.2 Å². The van der Waals surface area contributed by atoms with Crippen molar-refractivity contribution in [3.05, 3.63) is 179 Å². The second-order valence-corrected chi connectivity index (χ2v) is 18.1. The van der Waals surface area contributed by atoms with Crippen LogP contribution in [0.1, 0.15) is 67.9 Å². The smallest absolute Gasteiger partial charge is 0.326 e. The van der Waals surface area contributed by atoms with Gasteiger partial charge in [0, 0.05) is 55.6 Å². The van der Waals surface area contributed by atoms with Gasteiger partial charge in [0.1, 0.15) is 30.0 Å². The summed E-state index contributed by atoms with van der Waals surface area (Å²) in [6.07, 6.45) is 4.28. The fourth-order valence-corrected chi connectivity index (χ4v) is 8.90. The van der Waals surface area contributed by atoms with Gasteiger partial charge in [0.2, 0.25) is 17.7 Å².